The molecule has 4 rings (SSSR count). The van der Waals surface area contributed by atoms with E-state index in [-0.39, 0.29) is 14.2 Å². The molecule has 2 aromatic carbocycles. The Morgan fingerprint density at radius 3 is 2.56 bits per heavy atom. The minimum atomic E-state index is -4.67. The average molecular weight is 532 g/mol. The van der Waals surface area contributed by atoms with E-state index in [1.54, 1.807) is 31.2 Å². The number of rotatable bonds is 6. The van der Waals surface area contributed by atoms with Gasteiger partial charge in [-0.3, -0.25) is 4.72 Å². The van der Waals surface area contributed by atoms with Crippen LogP contribution in [0.5, 0.6) is 5.75 Å². The van der Waals surface area contributed by atoms with Gasteiger partial charge in [0.15, 0.2) is 0 Å². The molecule has 182 valence electrons. The maximum absolute atomic E-state index is 13.6. The monoisotopic (exact) mass is 531 g/mol. The Morgan fingerprint density at radius 1 is 1.18 bits per heavy atom. The van der Waals surface area contributed by atoms with Crippen molar-refractivity contribution in [1.82, 2.24) is 5.32 Å². The predicted molar refractivity (Wildman–Crippen MR) is 128 cm³/mol. The number of nitrogens with one attached hydrogen (secondary N) is 2. The number of hydrogen-bond donors (Lipinski definition) is 3. The molecule has 1 saturated heterocycles. The van der Waals surface area contributed by atoms with Gasteiger partial charge >= 0.3 is 6.18 Å². The Labute approximate surface area is 203 Å². The van der Waals surface area contributed by atoms with Gasteiger partial charge in [0.25, 0.3) is 10.0 Å². The van der Waals surface area contributed by atoms with Crippen molar-refractivity contribution in [1.29, 1.82) is 0 Å². The van der Waals surface area contributed by atoms with Gasteiger partial charge < -0.3 is 15.8 Å². The topological polar surface area (TPSA) is 93.5 Å². The number of alkyl halides is 3. The average Bonchev–Trinajstić information content (AvgIpc) is 3.33. The summed E-state index contributed by atoms with van der Waals surface area (Å²) in [6.07, 6.45) is -4.15. The maximum Gasteiger partial charge on any atom is 0.419 e. The molecule has 12 heteroatoms. The van der Waals surface area contributed by atoms with Crippen LogP contribution in [-0.2, 0) is 16.2 Å². The SMILES string of the molecule is C[C@@]1(Oc2cc(NS(=O)(=O)c3cc(-c4ccccc4N)c(Cl)s3)ccc2C(F)(F)F)CCNC1. The third kappa shape index (κ3) is 5.12. The number of thiophene rings is 1. The Hall–Kier alpha value is -2.47. The number of hydrogen-bond acceptors (Lipinski definition) is 6. The third-order valence-corrected chi connectivity index (χ3v) is 8.62. The lowest BCUT2D eigenvalue weighted by atomic mass is 10.1. The van der Waals surface area contributed by atoms with Gasteiger partial charge in [0.2, 0.25) is 0 Å². The van der Waals surface area contributed by atoms with Crippen LogP contribution >= 0.6 is 22.9 Å². The van der Waals surface area contributed by atoms with Gasteiger partial charge in [0.1, 0.15) is 19.9 Å². The van der Waals surface area contributed by atoms with Gasteiger partial charge in [-0.05, 0) is 37.7 Å². The fraction of sp³-hybridized carbons (Fsp3) is 0.273. The highest BCUT2D eigenvalue weighted by molar-refractivity contribution is 7.94. The first-order valence-corrected chi connectivity index (χ1v) is 12.8. The summed E-state index contributed by atoms with van der Waals surface area (Å²) >= 11 is 7.11. The number of sulfonamides is 1. The van der Waals surface area contributed by atoms with E-state index in [2.05, 4.69) is 10.0 Å². The van der Waals surface area contributed by atoms with E-state index in [1.165, 1.54) is 6.07 Å². The Morgan fingerprint density at radius 2 is 1.91 bits per heavy atom. The molecule has 4 N–H and O–H groups in total. The maximum atomic E-state index is 13.6. The molecular weight excluding hydrogens is 511 g/mol. The summed E-state index contributed by atoms with van der Waals surface area (Å²) < 4.78 is 74.9. The summed E-state index contributed by atoms with van der Waals surface area (Å²) in [5.74, 6) is -0.444. The number of anilines is 2. The van der Waals surface area contributed by atoms with E-state index in [9.17, 15) is 21.6 Å². The van der Waals surface area contributed by atoms with Gasteiger partial charge in [-0.15, -0.1) is 11.3 Å². The predicted octanol–water partition coefficient (Wildman–Crippen LogP) is 5.60. The molecule has 3 aromatic rings. The van der Waals surface area contributed by atoms with Crippen LogP contribution in [0, 0.1) is 0 Å². The smallest absolute Gasteiger partial charge is 0.419 e. The van der Waals surface area contributed by atoms with Gasteiger partial charge in [0, 0.05) is 35.8 Å². The highest BCUT2D eigenvalue weighted by Crippen LogP contribution is 2.42. The molecule has 1 aliphatic rings. The van der Waals surface area contributed by atoms with Crippen LogP contribution < -0.4 is 20.5 Å². The number of nitrogens with two attached hydrogens (primary N) is 1. The quantitative estimate of drug-likeness (QED) is 0.360. The van der Waals surface area contributed by atoms with Crippen LogP contribution in [0.1, 0.15) is 18.9 Å². The zero-order valence-corrected chi connectivity index (χ0v) is 20.3. The molecule has 0 unspecified atom stereocenters. The van der Waals surface area contributed by atoms with E-state index in [0.29, 0.717) is 36.3 Å². The Balaban J connectivity index is 1.66. The van der Waals surface area contributed by atoms with Crippen molar-refractivity contribution in [3.05, 3.63) is 58.4 Å². The zero-order chi connectivity index (χ0) is 24.7. The molecule has 0 amide bonds. The number of ether oxygens (including phenoxy) is 1. The molecular formula is C22H21ClF3N3O3S2. The summed E-state index contributed by atoms with van der Waals surface area (Å²) in [5, 5.41) is 3.05. The second-order valence-corrected chi connectivity index (χ2v) is 11.7. The van der Waals surface area contributed by atoms with Crippen molar-refractivity contribution in [2.75, 3.05) is 23.5 Å². The van der Waals surface area contributed by atoms with Crippen molar-refractivity contribution in [2.24, 2.45) is 0 Å². The standard InChI is InChI=1S/C22H21ClF3N3O3S2/c1-21(8-9-28-12-21)32-18-10-13(6-7-16(18)22(24,25)26)29-34(30,31)19-11-15(20(23)33-19)14-4-2-3-5-17(14)27/h2-7,10-11,28-29H,8-9,12,27H2,1H3/t21-/m1/s1. The van der Waals surface area contributed by atoms with E-state index in [4.69, 9.17) is 22.1 Å². The molecule has 0 aliphatic carbocycles. The molecule has 2 heterocycles. The highest BCUT2D eigenvalue weighted by atomic mass is 35.5. The first-order valence-electron chi connectivity index (χ1n) is 10.2. The van der Waals surface area contributed by atoms with E-state index >= 15 is 0 Å². The minimum absolute atomic E-state index is 0.0668. The number of para-hydroxylation sites is 1. The molecule has 0 radical (unpaired) electrons. The highest BCUT2D eigenvalue weighted by Gasteiger charge is 2.38. The fourth-order valence-corrected chi connectivity index (χ4v) is 6.46. The Bertz CT molecular complexity index is 1320. The molecule has 1 aromatic heterocycles. The molecule has 0 saturated carbocycles. The lowest BCUT2D eigenvalue weighted by Gasteiger charge is -2.27. The fourth-order valence-electron chi connectivity index (χ4n) is 3.66. The van der Waals surface area contributed by atoms with Crippen LogP contribution in [0.2, 0.25) is 4.34 Å². The third-order valence-electron chi connectivity index (χ3n) is 5.41. The van der Waals surface area contributed by atoms with Crippen LogP contribution in [0.4, 0.5) is 24.5 Å². The van der Waals surface area contributed by atoms with Gasteiger partial charge in [-0.25, -0.2) is 8.42 Å². The Kier molecular flexibility index (Phi) is 6.49. The summed E-state index contributed by atoms with van der Waals surface area (Å²) in [4.78, 5) is 0. The van der Waals surface area contributed by atoms with Crippen molar-refractivity contribution >= 4 is 44.3 Å². The normalized spacial score (nSPS) is 18.7. The molecule has 1 fully saturated rings. The molecule has 1 atom stereocenters. The van der Waals surface area contributed by atoms with E-state index in [0.717, 1.165) is 29.5 Å². The molecule has 6 nitrogen and oxygen atoms in total. The largest absolute Gasteiger partial charge is 0.485 e. The van der Waals surface area contributed by atoms with Crippen molar-refractivity contribution in [3.63, 3.8) is 0 Å². The van der Waals surface area contributed by atoms with Crippen LogP contribution in [0.15, 0.2) is 52.7 Å². The summed E-state index contributed by atoms with van der Waals surface area (Å²) in [7, 11) is -4.15. The molecule has 1 aliphatic heterocycles. The van der Waals surface area contributed by atoms with Crippen LogP contribution in [0.3, 0.4) is 0 Å². The first-order chi connectivity index (χ1) is 15.9. The van der Waals surface area contributed by atoms with Crippen molar-refractivity contribution in [3.8, 4) is 16.9 Å². The van der Waals surface area contributed by atoms with Crippen LogP contribution in [-0.4, -0.2) is 27.1 Å². The number of halogens is 4. The second kappa shape index (κ2) is 8.95. The minimum Gasteiger partial charge on any atom is -0.485 e. The molecule has 0 bridgehead atoms. The first kappa shape index (κ1) is 24.6. The molecule has 0 spiro atoms. The van der Waals surface area contributed by atoms with Crippen LogP contribution in [0.25, 0.3) is 11.1 Å². The zero-order valence-electron chi connectivity index (χ0n) is 17.9. The van der Waals surface area contributed by atoms with Gasteiger partial charge in [0.05, 0.1) is 11.3 Å². The van der Waals surface area contributed by atoms with Crippen molar-refractivity contribution < 1.29 is 26.3 Å². The molecule has 34 heavy (non-hydrogen) atoms. The number of nitrogen functional groups attached to an aromatic ring is 1. The van der Waals surface area contributed by atoms with E-state index in [1.807, 2.05) is 0 Å². The van der Waals surface area contributed by atoms with Gasteiger partial charge in [-0.2, -0.15) is 13.2 Å². The van der Waals surface area contributed by atoms with Crippen molar-refractivity contribution in [2.45, 2.75) is 29.3 Å². The van der Waals surface area contributed by atoms with E-state index < -0.39 is 33.1 Å². The number of benzene rings is 2. The summed E-state index contributed by atoms with van der Waals surface area (Å²) in [6.45, 7) is 2.69. The lowest BCUT2D eigenvalue weighted by Crippen LogP contribution is -2.35. The second-order valence-electron chi connectivity index (χ2n) is 8.13. The summed E-state index contributed by atoms with van der Waals surface area (Å²) in [6, 6.07) is 11.2. The summed E-state index contributed by atoms with van der Waals surface area (Å²) in [5.41, 5.74) is 5.54. The van der Waals surface area contributed by atoms with Gasteiger partial charge in [-0.1, -0.05) is 29.8 Å². The lowest BCUT2D eigenvalue weighted by molar-refractivity contribution is -0.139.